The van der Waals surface area contributed by atoms with E-state index in [1.807, 2.05) is 6.92 Å². The Labute approximate surface area is 116 Å². The van der Waals surface area contributed by atoms with Crippen LogP contribution in [-0.2, 0) is 4.74 Å². The van der Waals surface area contributed by atoms with E-state index in [4.69, 9.17) is 9.84 Å². The molecule has 5 nitrogen and oxygen atoms in total. The molecule has 0 aromatic rings. The van der Waals surface area contributed by atoms with Gasteiger partial charge in [0.25, 0.3) is 0 Å². The average molecular weight is 272 g/mol. The van der Waals surface area contributed by atoms with Crippen LogP contribution in [0.4, 0.5) is 4.79 Å². The molecular formula is C14H28N2O3. The molecule has 0 saturated carbocycles. The highest BCUT2D eigenvalue weighted by Gasteiger charge is 2.25. The molecule has 0 aromatic heterocycles. The Hall–Kier alpha value is -0.810. The van der Waals surface area contributed by atoms with Gasteiger partial charge < -0.3 is 20.1 Å². The van der Waals surface area contributed by atoms with Crippen molar-refractivity contribution < 1.29 is 14.6 Å². The van der Waals surface area contributed by atoms with Crippen molar-refractivity contribution >= 4 is 6.09 Å². The van der Waals surface area contributed by atoms with Gasteiger partial charge in [-0.05, 0) is 31.6 Å². The fourth-order valence-electron chi connectivity index (χ4n) is 2.29. The van der Waals surface area contributed by atoms with Crippen molar-refractivity contribution in [2.24, 2.45) is 5.41 Å². The van der Waals surface area contributed by atoms with Crippen LogP contribution in [0.1, 0.15) is 40.0 Å². The van der Waals surface area contributed by atoms with Gasteiger partial charge in [0.05, 0.1) is 6.61 Å². The molecule has 1 aliphatic heterocycles. The van der Waals surface area contributed by atoms with E-state index in [2.05, 4.69) is 19.2 Å². The number of nitrogens with zero attached hydrogens (tertiary/aromatic N) is 1. The van der Waals surface area contributed by atoms with Gasteiger partial charge in [0.15, 0.2) is 0 Å². The Morgan fingerprint density at radius 3 is 2.58 bits per heavy atom. The zero-order chi connectivity index (χ0) is 14.3. The molecule has 1 aliphatic rings. The molecule has 0 aliphatic carbocycles. The quantitative estimate of drug-likeness (QED) is 0.771. The number of carbonyl (C=O) groups is 1. The van der Waals surface area contributed by atoms with E-state index in [0.29, 0.717) is 12.6 Å². The lowest BCUT2D eigenvalue weighted by molar-refractivity contribution is 0.0936. The van der Waals surface area contributed by atoms with Gasteiger partial charge in [0.2, 0.25) is 0 Å². The number of aliphatic hydroxyl groups excluding tert-OH is 1. The number of hydrogen-bond donors (Lipinski definition) is 2. The van der Waals surface area contributed by atoms with E-state index in [1.54, 1.807) is 4.90 Å². The average Bonchev–Trinajstić information content (AvgIpc) is 2.37. The van der Waals surface area contributed by atoms with Crippen LogP contribution in [0.5, 0.6) is 0 Å². The van der Waals surface area contributed by atoms with Gasteiger partial charge in [-0.2, -0.15) is 0 Å². The maximum atomic E-state index is 11.6. The number of hydrogen-bond acceptors (Lipinski definition) is 4. The topological polar surface area (TPSA) is 61.8 Å². The predicted molar refractivity (Wildman–Crippen MR) is 75.1 cm³/mol. The van der Waals surface area contributed by atoms with Crippen molar-refractivity contribution in [1.82, 2.24) is 10.2 Å². The number of rotatable bonds is 6. The number of likely N-dealkylation sites (tertiary alicyclic amines) is 1. The number of amides is 1. The minimum atomic E-state index is -0.193. The number of piperidine rings is 1. The third kappa shape index (κ3) is 5.78. The standard InChI is InChI=1S/C14H28N2O3/c1-4-19-13(18)16-8-5-12(6-9-16)15-11-14(2,3)7-10-17/h12,15,17H,4-11H2,1-3H3. The molecule has 0 unspecified atom stereocenters. The van der Waals surface area contributed by atoms with Crippen LogP contribution in [0.3, 0.4) is 0 Å². The Morgan fingerprint density at radius 2 is 2.05 bits per heavy atom. The summed E-state index contributed by atoms with van der Waals surface area (Å²) < 4.78 is 5.00. The lowest BCUT2D eigenvalue weighted by Gasteiger charge is -2.34. The van der Waals surface area contributed by atoms with Gasteiger partial charge in [-0.3, -0.25) is 0 Å². The normalized spacial score (nSPS) is 17.6. The fraction of sp³-hybridized carbons (Fsp3) is 0.929. The first kappa shape index (κ1) is 16.2. The monoisotopic (exact) mass is 272 g/mol. The van der Waals surface area contributed by atoms with E-state index in [1.165, 1.54) is 0 Å². The predicted octanol–water partition coefficient (Wildman–Crippen LogP) is 1.61. The minimum Gasteiger partial charge on any atom is -0.450 e. The van der Waals surface area contributed by atoms with Gasteiger partial charge in [-0.1, -0.05) is 13.8 Å². The summed E-state index contributed by atoms with van der Waals surface area (Å²) in [4.78, 5) is 13.3. The van der Waals surface area contributed by atoms with Crippen LogP contribution < -0.4 is 5.32 Å². The van der Waals surface area contributed by atoms with E-state index in [0.717, 1.165) is 38.9 Å². The molecule has 0 atom stereocenters. The molecule has 1 heterocycles. The van der Waals surface area contributed by atoms with Crippen LogP contribution in [0.15, 0.2) is 0 Å². The fourth-order valence-corrected chi connectivity index (χ4v) is 2.29. The maximum Gasteiger partial charge on any atom is 0.409 e. The summed E-state index contributed by atoms with van der Waals surface area (Å²) in [5.41, 5.74) is 0.118. The second kappa shape index (κ2) is 7.70. The molecule has 0 aromatic carbocycles. The lowest BCUT2D eigenvalue weighted by Crippen LogP contribution is -2.47. The Balaban J connectivity index is 2.25. The number of nitrogens with one attached hydrogen (secondary N) is 1. The maximum absolute atomic E-state index is 11.6. The second-order valence-electron chi connectivity index (χ2n) is 5.98. The summed E-state index contributed by atoms with van der Waals surface area (Å²) >= 11 is 0. The number of ether oxygens (including phenoxy) is 1. The molecule has 2 N–H and O–H groups in total. The Kier molecular flexibility index (Phi) is 6.58. The van der Waals surface area contributed by atoms with Crippen LogP contribution >= 0.6 is 0 Å². The molecule has 1 fully saturated rings. The SMILES string of the molecule is CCOC(=O)N1CCC(NCC(C)(C)CCO)CC1. The zero-order valence-electron chi connectivity index (χ0n) is 12.4. The van der Waals surface area contributed by atoms with Gasteiger partial charge >= 0.3 is 6.09 Å². The summed E-state index contributed by atoms with van der Waals surface area (Å²) in [5, 5.41) is 12.5. The third-order valence-corrected chi connectivity index (χ3v) is 3.68. The largest absolute Gasteiger partial charge is 0.450 e. The molecule has 5 heteroatoms. The van der Waals surface area contributed by atoms with E-state index in [9.17, 15) is 4.79 Å². The van der Waals surface area contributed by atoms with Gasteiger partial charge in [0, 0.05) is 32.3 Å². The summed E-state index contributed by atoms with van der Waals surface area (Å²) in [7, 11) is 0. The van der Waals surface area contributed by atoms with Crippen molar-refractivity contribution in [3.63, 3.8) is 0 Å². The Bertz CT molecular complexity index is 274. The molecule has 1 amide bonds. The molecule has 0 spiro atoms. The first-order chi connectivity index (χ1) is 8.98. The zero-order valence-corrected chi connectivity index (χ0v) is 12.4. The van der Waals surface area contributed by atoms with Crippen molar-refractivity contribution in [2.75, 3.05) is 32.8 Å². The third-order valence-electron chi connectivity index (χ3n) is 3.68. The number of aliphatic hydroxyl groups is 1. The lowest BCUT2D eigenvalue weighted by atomic mass is 9.89. The second-order valence-corrected chi connectivity index (χ2v) is 5.98. The molecule has 1 saturated heterocycles. The van der Waals surface area contributed by atoms with E-state index < -0.39 is 0 Å². The van der Waals surface area contributed by atoms with Gasteiger partial charge in [0.1, 0.15) is 0 Å². The highest BCUT2D eigenvalue weighted by Crippen LogP contribution is 2.19. The van der Waals surface area contributed by atoms with E-state index >= 15 is 0 Å². The molecule has 0 bridgehead atoms. The Morgan fingerprint density at radius 1 is 1.42 bits per heavy atom. The van der Waals surface area contributed by atoms with Crippen LogP contribution in [-0.4, -0.2) is 55.0 Å². The smallest absolute Gasteiger partial charge is 0.409 e. The van der Waals surface area contributed by atoms with Gasteiger partial charge in [-0.15, -0.1) is 0 Å². The summed E-state index contributed by atoms with van der Waals surface area (Å²) in [6.45, 7) is 9.23. The summed E-state index contributed by atoms with van der Waals surface area (Å²) in [6, 6.07) is 0.462. The first-order valence-corrected chi connectivity index (χ1v) is 7.24. The van der Waals surface area contributed by atoms with Crippen LogP contribution in [0.2, 0.25) is 0 Å². The number of carbonyl (C=O) groups excluding carboxylic acids is 1. The molecule has 19 heavy (non-hydrogen) atoms. The van der Waals surface area contributed by atoms with E-state index in [-0.39, 0.29) is 18.1 Å². The molecule has 112 valence electrons. The summed E-state index contributed by atoms with van der Waals surface area (Å²) in [5.74, 6) is 0. The highest BCUT2D eigenvalue weighted by molar-refractivity contribution is 5.67. The summed E-state index contributed by atoms with van der Waals surface area (Å²) in [6.07, 6.45) is 2.55. The van der Waals surface area contributed by atoms with Crippen molar-refractivity contribution in [1.29, 1.82) is 0 Å². The van der Waals surface area contributed by atoms with Crippen molar-refractivity contribution in [3.05, 3.63) is 0 Å². The highest BCUT2D eigenvalue weighted by atomic mass is 16.6. The van der Waals surface area contributed by atoms with Crippen molar-refractivity contribution in [3.8, 4) is 0 Å². The van der Waals surface area contributed by atoms with Gasteiger partial charge in [-0.25, -0.2) is 4.79 Å². The van der Waals surface area contributed by atoms with Crippen LogP contribution in [0, 0.1) is 5.41 Å². The van der Waals surface area contributed by atoms with Crippen molar-refractivity contribution in [2.45, 2.75) is 46.1 Å². The minimum absolute atomic E-state index is 0.118. The molecule has 1 rings (SSSR count). The molecular weight excluding hydrogens is 244 g/mol. The first-order valence-electron chi connectivity index (χ1n) is 7.24. The van der Waals surface area contributed by atoms with Crippen LogP contribution in [0.25, 0.3) is 0 Å². The molecule has 0 radical (unpaired) electrons.